The third kappa shape index (κ3) is 3.23. The summed E-state index contributed by atoms with van der Waals surface area (Å²) in [5.74, 6) is 0.387. The van der Waals surface area contributed by atoms with Crippen LogP contribution < -0.4 is 0 Å². The van der Waals surface area contributed by atoms with Gasteiger partial charge < -0.3 is 5.11 Å². The van der Waals surface area contributed by atoms with E-state index in [-0.39, 0.29) is 6.10 Å². The van der Waals surface area contributed by atoms with Gasteiger partial charge in [-0.3, -0.25) is 0 Å². The molecule has 0 bridgehead atoms. The first kappa shape index (κ1) is 12.9. The van der Waals surface area contributed by atoms with Crippen molar-refractivity contribution in [1.29, 1.82) is 0 Å². The zero-order valence-electron chi connectivity index (χ0n) is 10.5. The van der Waals surface area contributed by atoms with Crippen LogP contribution in [0.15, 0.2) is 18.2 Å². The number of hydrogen-bond donors (Lipinski definition) is 1. The van der Waals surface area contributed by atoms with E-state index in [1.807, 2.05) is 25.1 Å². The number of halogens is 1. The molecule has 0 aliphatic heterocycles. The summed E-state index contributed by atoms with van der Waals surface area (Å²) in [6, 6.07) is 5.95. The lowest BCUT2D eigenvalue weighted by Crippen LogP contribution is -2.12. The number of aryl methyl sites for hydroxylation is 1. The summed E-state index contributed by atoms with van der Waals surface area (Å²) in [4.78, 5) is 0. The quantitative estimate of drug-likeness (QED) is 0.760. The first-order valence-electron chi connectivity index (χ1n) is 6.62. The summed E-state index contributed by atoms with van der Waals surface area (Å²) in [7, 11) is 0. The highest BCUT2D eigenvalue weighted by Gasteiger charge is 2.23. The van der Waals surface area contributed by atoms with Crippen LogP contribution in [0, 0.1) is 12.8 Å². The zero-order chi connectivity index (χ0) is 12.3. The van der Waals surface area contributed by atoms with Crippen LogP contribution in [0.1, 0.15) is 55.8 Å². The van der Waals surface area contributed by atoms with Gasteiger partial charge in [-0.25, -0.2) is 0 Å². The fourth-order valence-electron chi connectivity index (χ4n) is 2.75. The summed E-state index contributed by atoms with van der Waals surface area (Å²) in [5, 5.41) is 11.2. The second-order valence-corrected chi connectivity index (χ2v) is 5.63. The van der Waals surface area contributed by atoms with Crippen molar-refractivity contribution in [3.8, 4) is 0 Å². The molecule has 1 N–H and O–H groups in total. The second-order valence-electron chi connectivity index (χ2n) is 5.22. The van der Waals surface area contributed by atoms with E-state index in [9.17, 15) is 5.11 Å². The maximum Gasteiger partial charge on any atom is 0.0832 e. The Morgan fingerprint density at radius 3 is 2.41 bits per heavy atom. The molecule has 0 aromatic heterocycles. The van der Waals surface area contributed by atoms with Crippen molar-refractivity contribution in [3.05, 3.63) is 34.3 Å². The van der Waals surface area contributed by atoms with Crippen molar-refractivity contribution < 1.29 is 5.11 Å². The fraction of sp³-hybridized carbons (Fsp3) is 0.600. The maximum absolute atomic E-state index is 10.5. The topological polar surface area (TPSA) is 20.2 Å². The van der Waals surface area contributed by atoms with Crippen molar-refractivity contribution in [2.75, 3.05) is 0 Å². The molecule has 0 saturated heterocycles. The van der Waals surface area contributed by atoms with Crippen molar-refractivity contribution in [3.63, 3.8) is 0 Å². The van der Waals surface area contributed by atoms with Gasteiger partial charge in [-0.15, -0.1) is 0 Å². The summed E-state index contributed by atoms with van der Waals surface area (Å²) in [6.07, 6.45) is 6.98. The Bertz CT molecular complexity index is 367. The Hall–Kier alpha value is -0.530. The lowest BCUT2D eigenvalue weighted by molar-refractivity contribution is 0.0989. The minimum absolute atomic E-state index is 0.387. The van der Waals surface area contributed by atoms with E-state index in [0.29, 0.717) is 10.9 Å². The minimum atomic E-state index is -0.388. The van der Waals surface area contributed by atoms with Gasteiger partial charge in [0, 0.05) is 5.02 Å². The predicted octanol–water partition coefficient (Wildman–Crippen LogP) is 4.65. The molecule has 1 unspecified atom stereocenters. The molecular weight excluding hydrogens is 232 g/mol. The number of rotatable bonds is 2. The molecule has 0 heterocycles. The van der Waals surface area contributed by atoms with Crippen molar-refractivity contribution >= 4 is 11.6 Å². The molecule has 2 heteroatoms. The number of hydrogen-bond acceptors (Lipinski definition) is 1. The van der Waals surface area contributed by atoms with Crippen LogP contribution in [-0.2, 0) is 0 Å². The largest absolute Gasteiger partial charge is 0.388 e. The predicted molar refractivity (Wildman–Crippen MR) is 72.3 cm³/mol. The van der Waals surface area contributed by atoms with E-state index in [2.05, 4.69) is 0 Å². The van der Waals surface area contributed by atoms with E-state index >= 15 is 0 Å². The highest BCUT2D eigenvalue weighted by atomic mass is 35.5. The molecule has 1 nitrogen and oxygen atoms in total. The average molecular weight is 253 g/mol. The summed E-state index contributed by atoms with van der Waals surface area (Å²) in [5.41, 5.74) is 2.05. The fourth-order valence-corrected chi connectivity index (χ4v) is 3.10. The van der Waals surface area contributed by atoms with Crippen LogP contribution in [0.2, 0.25) is 5.02 Å². The standard InChI is InChI=1S/C15H21ClO/c1-11-8-9-13(14(16)10-11)15(17)12-6-4-2-3-5-7-12/h8-10,12,15,17H,2-7H2,1H3. The van der Waals surface area contributed by atoms with Crippen LogP contribution in [-0.4, -0.2) is 5.11 Å². The van der Waals surface area contributed by atoms with Crippen LogP contribution in [0.5, 0.6) is 0 Å². The molecule has 1 aromatic carbocycles. The number of aliphatic hydroxyl groups is 1. The van der Waals surface area contributed by atoms with Gasteiger partial charge in [-0.05, 0) is 42.9 Å². The summed E-state index contributed by atoms with van der Waals surface area (Å²) >= 11 is 6.22. The van der Waals surface area contributed by atoms with Gasteiger partial charge in [0.15, 0.2) is 0 Å². The van der Waals surface area contributed by atoms with Crippen LogP contribution in [0.25, 0.3) is 0 Å². The molecule has 17 heavy (non-hydrogen) atoms. The molecule has 94 valence electrons. The van der Waals surface area contributed by atoms with Crippen LogP contribution in [0.3, 0.4) is 0 Å². The first-order valence-corrected chi connectivity index (χ1v) is 7.00. The van der Waals surface area contributed by atoms with Gasteiger partial charge in [-0.1, -0.05) is 49.4 Å². The van der Waals surface area contributed by atoms with Gasteiger partial charge in [0.05, 0.1) is 6.10 Å². The number of benzene rings is 1. The molecule has 1 aromatic rings. The van der Waals surface area contributed by atoms with Gasteiger partial charge in [0.1, 0.15) is 0 Å². The van der Waals surface area contributed by atoms with E-state index in [0.717, 1.165) is 24.0 Å². The molecular formula is C15H21ClO. The van der Waals surface area contributed by atoms with Crippen LogP contribution in [0.4, 0.5) is 0 Å². The molecule has 0 amide bonds. The Balaban J connectivity index is 2.14. The Kier molecular flexibility index (Phi) is 4.47. The molecule has 1 fully saturated rings. The Morgan fingerprint density at radius 2 is 1.82 bits per heavy atom. The maximum atomic E-state index is 10.5. The second kappa shape index (κ2) is 5.88. The molecule has 1 saturated carbocycles. The SMILES string of the molecule is Cc1ccc(C(O)C2CCCCCC2)c(Cl)c1. The van der Waals surface area contributed by atoms with E-state index in [4.69, 9.17) is 11.6 Å². The molecule has 0 radical (unpaired) electrons. The molecule has 1 aliphatic carbocycles. The molecule has 0 spiro atoms. The van der Waals surface area contributed by atoms with Crippen molar-refractivity contribution in [2.24, 2.45) is 5.92 Å². The normalized spacial score (nSPS) is 19.9. The molecule has 1 atom stereocenters. The van der Waals surface area contributed by atoms with Gasteiger partial charge in [0.2, 0.25) is 0 Å². The third-order valence-corrected chi connectivity index (χ3v) is 4.15. The minimum Gasteiger partial charge on any atom is -0.388 e. The molecule has 1 aliphatic rings. The van der Waals surface area contributed by atoms with Crippen molar-refractivity contribution in [2.45, 2.75) is 51.6 Å². The monoisotopic (exact) mass is 252 g/mol. The first-order chi connectivity index (χ1) is 8.18. The van der Waals surface area contributed by atoms with Gasteiger partial charge in [0.25, 0.3) is 0 Å². The smallest absolute Gasteiger partial charge is 0.0832 e. The van der Waals surface area contributed by atoms with Crippen molar-refractivity contribution in [1.82, 2.24) is 0 Å². The Labute approximate surface area is 109 Å². The van der Waals surface area contributed by atoms with Crippen LogP contribution >= 0.6 is 11.6 Å². The highest BCUT2D eigenvalue weighted by molar-refractivity contribution is 6.31. The lowest BCUT2D eigenvalue weighted by Gasteiger charge is -2.22. The van der Waals surface area contributed by atoms with Gasteiger partial charge in [-0.2, -0.15) is 0 Å². The Morgan fingerprint density at radius 1 is 1.18 bits per heavy atom. The average Bonchev–Trinajstić information content (AvgIpc) is 2.56. The van der Waals surface area contributed by atoms with E-state index in [1.165, 1.54) is 25.7 Å². The summed E-state index contributed by atoms with van der Waals surface area (Å²) in [6.45, 7) is 2.02. The summed E-state index contributed by atoms with van der Waals surface area (Å²) < 4.78 is 0. The number of aliphatic hydroxyl groups excluding tert-OH is 1. The molecule has 2 rings (SSSR count). The van der Waals surface area contributed by atoms with E-state index in [1.54, 1.807) is 0 Å². The van der Waals surface area contributed by atoms with Gasteiger partial charge >= 0.3 is 0 Å². The third-order valence-electron chi connectivity index (χ3n) is 3.82. The zero-order valence-corrected chi connectivity index (χ0v) is 11.2. The lowest BCUT2D eigenvalue weighted by atomic mass is 9.89. The highest BCUT2D eigenvalue weighted by Crippen LogP contribution is 2.36. The van der Waals surface area contributed by atoms with E-state index < -0.39 is 0 Å².